The summed E-state index contributed by atoms with van der Waals surface area (Å²) in [6, 6.07) is 17.9. The molecule has 0 N–H and O–H groups in total. The zero-order valence-corrected chi connectivity index (χ0v) is 21.4. The molecule has 4 rings (SSSR count). The van der Waals surface area contributed by atoms with Crippen molar-refractivity contribution in [2.45, 2.75) is 46.1 Å². The minimum atomic E-state index is -0.0230. The molecule has 1 saturated heterocycles. The summed E-state index contributed by atoms with van der Waals surface area (Å²) in [5.41, 5.74) is 3.58. The van der Waals surface area contributed by atoms with Crippen LogP contribution in [-0.4, -0.2) is 37.6 Å². The van der Waals surface area contributed by atoms with E-state index in [1.807, 2.05) is 85.4 Å². The van der Waals surface area contributed by atoms with Gasteiger partial charge in [-0.15, -0.1) is 0 Å². The van der Waals surface area contributed by atoms with E-state index in [-0.39, 0.29) is 12.0 Å². The van der Waals surface area contributed by atoms with E-state index < -0.39 is 0 Å². The zero-order chi connectivity index (χ0) is 24.1. The second-order valence-corrected chi connectivity index (χ2v) is 10.1. The molecule has 0 radical (unpaired) electrons. The molecule has 2 heterocycles. The van der Waals surface area contributed by atoms with Crippen LogP contribution in [0.2, 0.25) is 0 Å². The highest BCUT2D eigenvalue weighted by atomic mass is 32.2. The Hall–Kier alpha value is -2.90. The van der Waals surface area contributed by atoms with Crippen molar-refractivity contribution in [3.05, 3.63) is 71.3 Å². The molecule has 0 unspecified atom stereocenters. The summed E-state index contributed by atoms with van der Waals surface area (Å²) in [4.78, 5) is 15.4. The van der Waals surface area contributed by atoms with Crippen molar-refractivity contribution >= 4 is 40.3 Å². The predicted molar refractivity (Wildman–Crippen MR) is 144 cm³/mol. The fourth-order valence-electron chi connectivity index (χ4n) is 3.75. The summed E-state index contributed by atoms with van der Waals surface area (Å²) < 4.78 is 8.26. The highest BCUT2D eigenvalue weighted by Crippen LogP contribution is 2.35. The number of hydrogen-bond donors (Lipinski definition) is 0. The summed E-state index contributed by atoms with van der Waals surface area (Å²) in [7, 11) is 0. The number of hydrogen-bond acceptors (Lipinski definition) is 5. The molecule has 1 aromatic heterocycles. The molecule has 176 valence electrons. The van der Waals surface area contributed by atoms with Crippen LogP contribution >= 0.6 is 24.0 Å². The van der Waals surface area contributed by atoms with Crippen molar-refractivity contribution in [3.8, 4) is 22.7 Å². The number of amides is 1. The molecule has 3 aromatic rings. The van der Waals surface area contributed by atoms with Crippen molar-refractivity contribution in [3.63, 3.8) is 0 Å². The first-order valence-corrected chi connectivity index (χ1v) is 12.9. The number of thioether (sulfide) groups is 1. The van der Waals surface area contributed by atoms with Crippen LogP contribution in [0.5, 0.6) is 5.75 Å². The predicted octanol–water partition coefficient (Wildman–Crippen LogP) is 6.72. The maximum atomic E-state index is 13.1. The van der Waals surface area contributed by atoms with Crippen LogP contribution in [0.1, 0.15) is 45.6 Å². The number of ether oxygens (including phenoxy) is 1. The van der Waals surface area contributed by atoms with Gasteiger partial charge in [-0.05, 0) is 62.7 Å². The van der Waals surface area contributed by atoms with Crippen LogP contribution in [0.3, 0.4) is 0 Å². The number of nitrogens with zero attached hydrogens (tertiary/aromatic N) is 3. The maximum Gasteiger partial charge on any atom is 0.266 e. The second kappa shape index (κ2) is 11.0. The Labute approximate surface area is 210 Å². The normalized spacial score (nSPS) is 15.1. The van der Waals surface area contributed by atoms with E-state index in [1.54, 1.807) is 4.90 Å². The second-order valence-electron chi connectivity index (χ2n) is 8.44. The fourth-order valence-corrected chi connectivity index (χ4v) is 5.05. The van der Waals surface area contributed by atoms with Crippen molar-refractivity contribution in [1.82, 2.24) is 14.7 Å². The van der Waals surface area contributed by atoms with Gasteiger partial charge in [0.15, 0.2) is 0 Å². The minimum Gasteiger partial charge on any atom is -0.491 e. The lowest BCUT2D eigenvalue weighted by Gasteiger charge is -2.13. The summed E-state index contributed by atoms with van der Waals surface area (Å²) >= 11 is 6.87. The lowest BCUT2D eigenvalue weighted by molar-refractivity contribution is -0.122. The molecule has 34 heavy (non-hydrogen) atoms. The molecule has 1 amide bonds. The van der Waals surface area contributed by atoms with Gasteiger partial charge in [0.1, 0.15) is 10.1 Å². The molecule has 5 nitrogen and oxygen atoms in total. The van der Waals surface area contributed by atoms with E-state index >= 15 is 0 Å². The van der Waals surface area contributed by atoms with Gasteiger partial charge in [0, 0.05) is 23.9 Å². The molecule has 0 aliphatic carbocycles. The lowest BCUT2D eigenvalue weighted by Crippen LogP contribution is -2.28. The molecule has 0 spiro atoms. The number of para-hydroxylation sites is 1. The first-order valence-electron chi connectivity index (χ1n) is 11.6. The standard InChI is InChI=1S/C27H29N3O2S2/c1-4-5-9-16-29-26(31)24(34-27(29)33)17-21-18-30(22-10-7-6-8-11-22)28-25(21)20-12-14-23(15-13-20)32-19(2)3/h6-8,10-15,17-19H,4-5,9,16H2,1-3H3/b24-17-. The van der Waals surface area contributed by atoms with Crippen molar-refractivity contribution in [2.75, 3.05) is 6.54 Å². The number of rotatable bonds is 9. The Morgan fingerprint density at radius 3 is 2.50 bits per heavy atom. The van der Waals surface area contributed by atoms with Crippen molar-refractivity contribution in [2.24, 2.45) is 0 Å². The number of carbonyl (C=O) groups excluding carboxylic acids is 1. The molecule has 1 aliphatic heterocycles. The molecule has 0 bridgehead atoms. The van der Waals surface area contributed by atoms with Crippen LogP contribution in [0, 0.1) is 0 Å². The average Bonchev–Trinajstić information content (AvgIpc) is 3.36. The molecule has 0 atom stereocenters. The minimum absolute atomic E-state index is 0.0230. The topological polar surface area (TPSA) is 47.4 Å². The Morgan fingerprint density at radius 1 is 1.09 bits per heavy atom. The van der Waals surface area contributed by atoms with E-state index in [9.17, 15) is 4.79 Å². The quantitative estimate of drug-likeness (QED) is 0.189. The number of thiocarbonyl (C=S) groups is 1. The summed E-state index contributed by atoms with van der Waals surface area (Å²) in [6.45, 7) is 6.83. The Bertz CT molecular complexity index is 1180. The van der Waals surface area contributed by atoms with E-state index in [0.29, 0.717) is 15.8 Å². The smallest absolute Gasteiger partial charge is 0.266 e. The van der Waals surface area contributed by atoms with Crippen LogP contribution < -0.4 is 4.74 Å². The largest absolute Gasteiger partial charge is 0.491 e. The Balaban J connectivity index is 1.69. The van der Waals surface area contributed by atoms with Gasteiger partial charge >= 0.3 is 0 Å². The van der Waals surface area contributed by atoms with Crippen molar-refractivity contribution < 1.29 is 9.53 Å². The van der Waals surface area contributed by atoms with E-state index in [2.05, 4.69) is 6.92 Å². The molecular formula is C27H29N3O2S2. The molecule has 1 fully saturated rings. The third-order valence-corrected chi connectivity index (χ3v) is 6.79. The molecule has 7 heteroatoms. The van der Waals surface area contributed by atoms with Crippen LogP contribution in [0.25, 0.3) is 23.0 Å². The highest BCUT2D eigenvalue weighted by Gasteiger charge is 2.32. The maximum absolute atomic E-state index is 13.1. The first-order chi connectivity index (χ1) is 16.5. The van der Waals surface area contributed by atoms with Gasteiger partial charge in [0.25, 0.3) is 5.91 Å². The molecule has 1 aliphatic rings. The summed E-state index contributed by atoms with van der Waals surface area (Å²) in [6.07, 6.45) is 7.14. The third-order valence-electron chi connectivity index (χ3n) is 5.41. The van der Waals surface area contributed by atoms with Gasteiger partial charge in [-0.25, -0.2) is 4.68 Å². The first kappa shape index (κ1) is 24.2. The number of unbranched alkanes of at least 4 members (excludes halogenated alkanes) is 2. The summed E-state index contributed by atoms with van der Waals surface area (Å²) in [5, 5.41) is 4.87. The SMILES string of the molecule is CCCCCN1C(=O)/C(=C/c2cn(-c3ccccc3)nc2-c2ccc(OC(C)C)cc2)SC1=S. The molecular weight excluding hydrogens is 462 g/mol. The molecule has 2 aromatic carbocycles. The zero-order valence-electron chi connectivity index (χ0n) is 19.7. The van der Waals surface area contributed by atoms with Gasteiger partial charge in [-0.2, -0.15) is 5.10 Å². The van der Waals surface area contributed by atoms with Gasteiger partial charge < -0.3 is 4.74 Å². The molecule has 0 saturated carbocycles. The van der Waals surface area contributed by atoms with Gasteiger partial charge in [-0.1, -0.05) is 61.9 Å². The average molecular weight is 492 g/mol. The van der Waals surface area contributed by atoms with Crippen LogP contribution in [0.15, 0.2) is 65.7 Å². The number of benzene rings is 2. The van der Waals surface area contributed by atoms with E-state index in [4.69, 9.17) is 22.1 Å². The fraction of sp³-hybridized carbons (Fsp3) is 0.296. The lowest BCUT2D eigenvalue weighted by atomic mass is 10.1. The number of carbonyl (C=O) groups is 1. The Morgan fingerprint density at radius 2 is 1.82 bits per heavy atom. The van der Waals surface area contributed by atoms with Gasteiger partial charge in [0.05, 0.1) is 22.4 Å². The number of aromatic nitrogens is 2. The highest BCUT2D eigenvalue weighted by molar-refractivity contribution is 8.26. The van der Waals surface area contributed by atoms with E-state index in [1.165, 1.54) is 11.8 Å². The van der Waals surface area contributed by atoms with E-state index in [0.717, 1.165) is 47.5 Å². The van der Waals surface area contributed by atoms with Gasteiger partial charge in [-0.3, -0.25) is 9.69 Å². The van der Waals surface area contributed by atoms with Crippen LogP contribution in [0.4, 0.5) is 0 Å². The van der Waals surface area contributed by atoms with Crippen molar-refractivity contribution in [1.29, 1.82) is 0 Å². The monoisotopic (exact) mass is 491 g/mol. The van der Waals surface area contributed by atoms with Gasteiger partial charge in [0.2, 0.25) is 0 Å². The third kappa shape index (κ3) is 5.59. The summed E-state index contributed by atoms with van der Waals surface area (Å²) in [5.74, 6) is 0.793. The van der Waals surface area contributed by atoms with Crippen LogP contribution in [-0.2, 0) is 4.79 Å². The Kier molecular flexibility index (Phi) is 7.85.